The summed E-state index contributed by atoms with van der Waals surface area (Å²) in [7, 11) is 3.62. The van der Waals surface area contributed by atoms with E-state index in [1.807, 2.05) is 31.0 Å². The predicted octanol–water partition coefficient (Wildman–Crippen LogP) is 3.32. The minimum Gasteiger partial charge on any atom is -0.490 e. The van der Waals surface area contributed by atoms with Gasteiger partial charge in [-0.3, -0.25) is 0 Å². The number of hydrogen-bond acceptors (Lipinski definition) is 5. The van der Waals surface area contributed by atoms with Crippen molar-refractivity contribution < 1.29 is 4.74 Å². The van der Waals surface area contributed by atoms with Gasteiger partial charge in [0.25, 0.3) is 0 Å². The number of halogens is 1. The maximum absolute atomic E-state index is 5.47. The zero-order valence-electron chi connectivity index (χ0n) is 12.4. The van der Waals surface area contributed by atoms with Gasteiger partial charge in [0.15, 0.2) is 11.6 Å². The number of rotatable bonds is 6. The highest BCUT2D eigenvalue weighted by molar-refractivity contribution is 9.10. The molecule has 0 atom stereocenters. The largest absolute Gasteiger partial charge is 0.490 e. The average Bonchev–Trinajstić information content (AvgIpc) is 2.47. The summed E-state index contributed by atoms with van der Waals surface area (Å²) >= 11 is 3.49. The van der Waals surface area contributed by atoms with E-state index in [4.69, 9.17) is 4.74 Å². The van der Waals surface area contributed by atoms with Crippen molar-refractivity contribution in [1.29, 1.82) is 0 Å². The second kappa shape index (κ2) is 7.26. The lowest BCUT2D eigenvalue weighted by molar-refractivity contribution is 0.412. The lowest BCUT2D eigenvalue weighted by atomic mass is 10.2. The molecule has 0 aliphatic rings. The van der Waals surface area contributed by atoms with Crippen molar-refractivity contribution in [2.75, 3.05) is 30.9 Å². The van der Waals surface area contributed by atoms with Crippen molar-refractivity contribution in [3.05, 3.63) is 40.6 Å². The fourth-order valence-corrected chi connectivity index (χ4v) is 2.55. The summed E-state index contributed by atoms with van der Waals surface area (Å²) in [6, 6.07) is 8.21. The summed E-state index contributed by atoms with van der Waals surface area (Å²) in [5.74, 6) is 2.14. The molecule has 21 heavy (non-hydrogen) atoms. The third kappa shape index (κ3) is 3.85. The van der Waals surface area contributed by atoms with E-state index in [1.165, 1.54) is 5.56 Å². The molecule has 0 unspecified atom stereocenters. The average molecular weight is 351 g/mol. The number of benzene rings is 1. The molecule has 1 aromatic heterocycles. The van der Waals surface area contributed by atoms with Crippen molar-refractivity contribution in [3.63, 3.8) is 0 Å². The van der Waals surface area contributed by atoms with E-state index in [1.54, 1.807) is 13.4 Å². The zero-order valence-corrected chi connectivity index (χ0v) is 14.0. The maximum atomic E-state index is 5.47. The Bertz CT molecular complexity index is 606. The number of nitrogens with one attached hydrogen (secondary N) is 1. The Hall–Kier alpha value is -1.82. The first kappa shape index (κ1) is 15.6. The van der Waals surface area contributed by atoms with Crippen LogP contribution < -0.4 is 15.0 Å². The Kier molecular flexibility index (Phi) is 5.38. The van der Waals surface area contributed by atoms with Gasteiger partial charge in [0.2, 0.25) is 5.75 Å². The summed E-state index contributed by atoms with van der Waals surface area (Å²) in [6.07, 6.45) is 1.55. The molecular weight excluding hydrogens is 332 g/mol. The first-order chi connectivity index (χ1) is 10.2. The van der Waals surface area contributed by atoms with E-state index in [2.05, 4.69) is 43.3 Å². The normalized spacial score (nSPS) is 10.3. The van der Waals surface area contributed by atoms with Crippen molar-refractivity contribution in [2.45, 2.75) is 13.5 Å². The summed E-state index contributed by atoms with van der Waals surface area (Å²) in [5, 5.41) is 3.19. The van der Waals surface area contributed by atoms with Gasteiger partial charge in [0.05, 0.1) is 7.11 Å². The number of methoxy groups -OCH3 is 1. The fraction of sp³-hybridized carbons (Fsp3) is 0.333. The van der Waals surface area contributed by atoms with Crippen LogP contribution in [0.2, 0.25) is 0 Å². The molecule has 0 bridgehead atoms. The van der Waals surface area contributed by atoms with E-state index in [0.717, 1.165) is 23.4 Å². The molecule has 2 aromatic rings. The van der Waals surface area contributed by atoms with Crippen LogP contribution in [-0.2, 0) is 6.54 Å². The Morgan fingerprint density at radius 1 is 1.33 bits per heavy atom. The highest BCUT2D eigenvalue weighted by Crippen LogP contribution is 2.31. The van der Waals surface area contributed by atoms with Gasteiger partial charge in [0.1, 0.15) is 6.33 Å². The smallest absolute Gasteiger partial charge is 0.204 e. The predicted molar refractivity (Wildman–Crippen MR) is 89.0 cm³/mol. The first-order valence-corrected chi connectivity index (χ1v) is 7.53. The Balaban J connectivity index is 2.26. The fourth-order valence-electron chi connectivity index (χ4n) is 2.10. The Labute approximate surface area is 133 Å². The lowest BCUT2D eigenvalue weighted by Crippen LogP contribution is -2.19. The number of anilines is 2. The maximum Gasteiger partial charge on any atom is 0.204 e. The van der Waals surface area contributed by atoms with Crippen molar-refractivity contribution in [2.24, 2.45) is 0 Å². The van der Waals surface area contributed by atoms with Gasteiger partial charge in [-0.1, -0.05) is 28.1 Å². The summed E-state index contributed by atoms with van der Waals surface area (Å²) in [4.78, 5) is 10.6. The van der Waals surface area contributed by atoms with Gasteiger partial charge < -0.3 is 15.0 Å². The molecule has 2 rings (SSSR count). The van der Waals surface area contributed by atoms with Crippen LogP contribution in [0.5, 0.6) is 5.75 Å². The lowest BCUT2D eigenvalue weighted by Gasteiger charge is -2.21. The van der Waals surface area contributed by atoms with E-state index in [9.17, 15) is 0 Å². The summed E-state index contributed by atoms with van der Waals surface area (Å²) < 4.78 is 6.54. The van der Waals surface area contributed by atoms with Gasteiger partial charge in [0, 0.05) is 24.6 Å². The van der Waals surface area contributed by atoms with Gasteiger partial charge in [-0.25, -0.2) is 9.97 Å². The summed E-state index contributed by atoms with van der Waals surface area (Å²) in [5.41, 5.74) is 1.19. The van der Waals surface area contributed by atoms with Crippen LogP contribution in [0.4, 0.5) is 11.6 Å². The van der Waals surface area contributed by atoms with Gasteiger partial charge in [-0.05, 0) is 24.6 Å². The number of hydrogen-bond donors (Lipinski definition) is 1. The van der Waals surface area contributed by atoms with Gasteiger partial charge in [-0.15, -0.1) is 0 Å². The molecule has 0 saturated carbocycles. The number of nitrogens with zero attached hydrogens (tertiary/aromatic N) is 3. The molecule has 0 radical (unpaired) electrons. The standard InChI is InChI=1S/C15H19BrN4O/c1-4-17-14-13(21-3)15(19-10-18-14)20(2)9-11-6-5-7-12(16)8-11/h5-8,10H,4,9H2,1-3H3,(H,17,18,19). The molecule has 0 fully saturated rings. The Morgan fingerprint density at radius 2 is 2.14 bits per heavy atom. The first-order valence-electron chi connectivity index (χ1n) is 6.74. The molecule has 0 aliphatic carbocycles. The summed E-state index contributed by atoms with van der Waals surface area (Å²) in [6.45, 7) is 3.53. The monoisotopic (exact) mass is 350 g/mol. The van der Waals surface area contributed by atoms with Crippen LogP contribution in [0.15, 0.2) is 35.1 Å². The minimum atomic E-state index is 0.664. The molecule has 112 valence electrons. The molecule has 1 N–H and O–H groups in total. The van der Waals surface area contributed by atoms with E-state index in [-0.39, 0.29) is 0 Å². The number of ether oxygens (including phenoxy) is 1. The molecule has 6 heteroatoms. The van der Waals surface area contributed by atoms with Crippen LogP contribution in [-0.4, -0.2) is 30.7 Å². The van der Waals surface area contributed by atoms with Crippen LogP contribution in [0.1, 0.15) is 12.5 Å². The molecular formula is C15H19BrN4O. The molecule has 0 aliphatic heterocycles. The quantitative estimate of drug-likeness (QED) is 0.865. The third-order valence-corrected chi connectivity index (χ3v) is 3.50. The highest BCUT2D eigenvalue weighted by Gasteiger charge is 2.15. The number of aromatic nitrogens is 2. The van der Waals surface area contributed by atoms with E-state index < -0.39 is 0 Å². The van der Waals surface area contributed by atoms with Crippen LogP contribution in [0.25, 0.3) is 0 Å². The van der Waals surface area contributed by atoms with Crippen LogP contribution in [0, 0.1) is 0 Å². The topological polar surface area (TPSA) is 50.3 Å². The molecule has 1 heterocycles. The molecule has 1 aromatic carbocycles. The Morgan fingerprint density at radius 3 is 2.81 bits per heavy atom. The van der Waals surface area contributed by atoms with Crippen molar-refractivity contribution in [3.8, 4) is 5.75 Å². The van der Waals surface area contributed by atoms with Crippen molar-refractivity contribution >= 4 is 27.6 Å². The van der Waals surface area contributed by atoms with Crippen LogP contribution in [0.3, 0.4) is 0 Å². The van der Waals surface area contributed by atoms with E-state index in [0.29, 0.717) is 11.6 Å². The van der Waals surface area contributed by atoms with Crippen LogP contribution >= 0.6 is 15.9 Å². The molecule has 0 spiro atoms. The molecule has 5 nitrogen and oxygen atoms in total. The van der Waals surface area contributed by atoms with Crippen molar-refractivity contribution in [1.82, 2.24) is 9.97 Å². The molecule has 0 saturated heterocycles. The highest BCUT2D eigenvalue weighted by atomic mass is 79.9. The van der Waals surface area contributed by atoms with Gasteiger partial charge in [-0.2, -0.15) is 0 Å². The van der Waals surface area contributed by atoms with E-state index >= 15 is 0 Å². The van der Waals surface area contributed by atoms with Gasteiger partial charge >= 0.3 is 0 Å². The zero-order chi connectivity index (χ0) is 15.2. The second-order valence-corrected chi connectivity index (χ2v) is 5.51. The SMILES string of the molecule is CCNc1ncnc(N(C)Cc2cccc(Br)c2)c1OC. The second-order valence-electron chi connectivity index (χ2n) is 4.60. The minimum absolute atomic E-state index is 0.664. The third-order valence-electron chi connectivity index (χ3n) is 3.00. The molecule has 0 amide bonds.